The van der Waals surface area contributed by atoms with Crippen LogP contribution >= 0.6 is 23.1 Å². The molecule has 1 N–H and O–H groups in total. The number of hydrogen-bond acceptors (Lipinski definition) is 5. The summed E-state index contributed by atoms with van der Waals surface area (Å²) in [5.41, 5.74) is 4.68. The standard InChI is InChI=1S/C20H20N4OS2/c1-12-8-9-15(10-13(12)2)14(3)21-18(25)11-26-19-22-23-20-24(19)16-6-4-5-7-17(16)27-20/h4-10,14H,11H2,1-3H3,(H,21,25). The molecule has 0 fully saturated rings. The molecule has 0 saturated carbocycles. The van der Waals surface area contributed by atoms with E-state index >= 15 is 0 Å². The first kappa shape index (κ1) is 18.0. The molecule has 0 aliphatic rings. The number of nitrogens with zero attached hydrogens (tertiary/aromatic N) is 3. The van der Waals surface area contributed by atoms with Gasteiger partial charge < -0.3 is 5.32 Å². The highest BCUT2D eigenvalue weighted by atomic mass is 32.2. The molecule has 1 atom stereocenters. The zero-order valence-electron chi connectivity index (χ0n) is 15.4. The van der Waals surface area contributed by atoms with Crippen molar-refractivity contribution in [2.24, 2.45) is 0 Å². The first-order valence-corrected chi connectivity index (χ1v) is 10.5. The molecule has 0 aliphatic carbocycles. The molecule has 0 spiro atoms. The summed E-state index contributed by atoms with van der Waals surface area (Å²) in [6.45, 7) is 6.19. The third-order valence-electron chi connectivity index (χ3n) is 4.65. The average Bonchev–Trinajstić information content (AvgIpc) is 3.21. The van der Waals surface area contributed by atoms with E-state index in [0.29, 0.717) is 5.75 Å². The number of aromatic nitrogens is 3. The first-order chi connectivity index (χ1) is 13.0. The number of hydrogen-bond donors (Lipinski definition) is 1. The van der Waals surface area contributed by atoms with E-state index in [4.69, 9.17) is 0 Å². The van der Waals surface area contributed by atoms with Gasteiger partial charge in [-0.1, -0.05) is 53.4 Å². The fourth-order valence-electron chi connectivity index (χ4n) is 2.98. The van der Waals surface area contributed by atoms with Crippen LogP contribution in [0.1, 0.15) is 29.7 Å². The van der Waals surface area contributed by atoms with E-state index in [2.05, 4.69) is 53.6 Å². The third-order valence-corrected chi connectivity index (χ3v) is 6.59. The smallest absolute Gasteiger partial charge is 0.230 e. The molecule has 27 heavy (non-hydrogen) atoms. The summed E-state index contributed by atoms with van der Waals surface area (Å²) in [7, 11) is 0. The Kier molecular flexibility index (Phi) is 4.88. The van der Waals surface area contributed by atoms with Crippen LogP contribution in [0.5, 0.6) is 0 Å². The minimum Gasteiger partial charge on any atom is -0.349 e. The Morgan fingerprint density at radius 1 is 1.19 bits per heavy atom. The van der Waals surface area contributed by atoms with Crippen molar-refractivity contribution in [2.75, 3.05) is 5.75 Å². The zero-order chi connectivity index (χ0) is 19.0. The molecule has 0 aliphatic heterocycles. The predicted octanol–water partition coefficient (Wildman–Crippen LogP) is 4.53. The van der Waals surface area contributed by atoms with Crippen molar-refractivity contribution in [1.82, 2.24) is 19.9 Å². The van der Waals surface area contributed by atoms with Crippen molar-refractivity contribution in [3.05, 3.63) is 59.2 Å². The summed E-state index contributed by atoms with van der Waals surface area (Å²) in [5.74, 6) is 0.294. The van der Waals surface area contributed by atoms with Gasteiger partial charge >= 0.3 is 0 Å². The normalized spacial score (nSPS) is 12.6. The summed E-state index contributed by atoms with van der Waals surface area (Å²) in [6.07, 6.45) is 0. The van der Waals surface area contributed by atoms with Crippen molar-refractivity contribution in [2.45, 2.75) is 32.0 Å². The summed E-state index contributed by atoms with van der Waals surface area (Å²) in [4.78, 5) is 13.3. The Hall–Kier alpha value is -2.38. The molecule has 0 bridgehead atoms. The van der Waals surface area contributed by atoms with Gasteiger partial charge in [0.1, 0.15) is 0 Å². The molecular formula is C20H20N4OS2. The number of carbonyl (C=O) groups excluding carboxylic acids is 1. The summed E-state index contributed by atoms with van der Waals surface area (Å²) < 4.78 is 3.18. The molecule has 2 aromatic carbocycles. The Morgan fingerprint density at radius 2 is 2.00 bits per heavy atom. The van der Waals surface area contributed by atoms with Crippen LogP contribution in [0.4, 0.5) is 0 Å². The first-order valence-electron chi connectivity index (χ1n) is 8.75. The highest BCUT2D eigenvalue weighted by molar-refractivity contribution is 7.99. The largest absolute Gasteiger partial charge is 0.349 e. The van der Waals surface area contributed by atoms with Crippen molar-refractivity contribution in [3.8, 4) is 0 Å². The molecule has 4 aromatic rings. The van der Waals surface area contributed by atoms with Gasteiger partial charge in [-0.05, 0) is 49.6 Å². The number of amides is 1. The SMILES string of the molecule is Cc1ccc(C(C)NC(=O)CSc2nnc3sc4ccccc4n23)cc1C. The second kappa shape index (κ2) is 7.32. The number of rotatable bonds is 5. The topological polar surface area (TPSA) is 59.3 Å². The van der Waals surface area contributed by atoms with Gasteiger partial charge in [-0.3, -0.25) is 9.20 Å². The lowest BCUT2D eigenvalue weighted by molar-refractivity contribution is -0.119. The van der Waals surface area contributed by atoms with Crippen LogP contribution in [0, 0.1) is 13.8 Å². The molecule has 138 valence electrons. The Morgan fingerprint density at radius 3 is 2.81 bits per heavy atom. The van der Waals surface area contributed by atoms with E-state index in [1.54, 1.807) is 11.3 Å². The zero-order valence-corrected chi connectivity index (χ0v) is 17.0. The summed E-state index contributed by atoms with van der Waals surface area (Å²) in [6, 6.07) is 14.4. The number of benzene rings is 2. The van der Waals surface area contributed by atoms with Gasteiger partial charge in [0.2, 0.25) is 10.9 Å². The Labute approximate surface area is 165 Å². The van der Waals surface area contributed by atoms with Gasteiger partial charge in [0.25, 0.3) is 0 Å². The van der Waals surface area contributed by atoms with Gasteiger partial charge in [-0.2, -0.15) is 0 Å². The molecule has 2 aromatic heterocycles. The Bertz CT molecular complexity index is 1130. The number of thiazole rings is 1. The van der Waals surface area contributed by atoms with Crippen molar-refractivity contribution in [1.29, 1.82) is 0 Å². The monoisotopic (exact) mass is 396 g/mol. The minimum atomic E-state index is -0.0298. The van der Waals surface area contributed by atoms with E-state index in [1.165, 1.54) is 22.9 Å². The van der Waals surface area contributed by atoms with Crippen molar-refractivity contribution < 1.29 is 4.79 Å². The molecule has 0 saturated heterocycles. The third kappa shape index (κ3) is 3.57. The van der Waals surface area contributed by atoms with Crippen LogP contribution in [0.25, 0.3) is 15.2 Å². The van der Waals surface area contributed by atoms with Crippen LogP contribution in [0.15, 0.2) is 47.6 Å². The van der Waals surface area contributed by atoms with Crippen LogP contribution in [0.3, 0.4) is 0 Å². The van der Waals surface area contributed by atoms with E-state index in [-0.39, 0.29) is 11.9 Å². The highest BCUT2D eigenvalue weighted by Gasteiger charge is 2.15. The van der Waals surface area contributed by atoms with Crippen molar-refractivity contribution >= 4 is 44.2 Å². The lowest BCUT2D eigenvalue weighted by atomic mass is 10.0. The number of thioether (sulfide) groups is 1. The second-order valence-corrected chi connectivity index (χ2v) is 8.54. The Balaban J connectivity index is 1.45. The molecular weight excluding hydrogens is 376 g/mol. The predicted molar refractivity (Wildman–Crippen MR) is 112 cm³/mol. The lowest BCUT2D eigenvalue weighted by Crippen LogP contribution is -2.28. The van der Waals surface area contributed by atoms with Crippen LogP contribution in [-0.2, 0) is 4.79 Å². The van der Waals surface area contributed by atoms with E-state index in [1.807, 2.05) is 29.5 Å². The van der Waals surface area contributed by atoms with Gasteiger partial charge in [-0.15, -0.1) is 10.2 Å². The van der Waals surface area contributed by atoms with E-state index in [9.17, 15) is 4.79 Å². The highest BCUT2D eigenvalue weighted by Crippen LogP contribution is 2.29. The fourth-order valence-corrected chi connectivity index (χ4v) is 4.76. The number of nitrogens with one attached hydrogen (secondary N) is 1. The number of carbonyl (C=O) groups is 1. The molecule has 0 radical (unpaired) electrons. The molecule has 1 amide bonds. The average molecular weight is 397 g/mol. The minimum absolute atomic E-state index is 0.0120. The fraction of sp³-hybridized carbons (Fsp3) is 0.250. The van der Waals surface area contributed by atoms with Crippen LogP contribution in [-0.4, -0.2) is 26.3 Å². The summed E-state index contributed by atoms with van der Waals surface area (Å²) >= 11 is 3.01. The van der Waals surface area contributed by atoms with Gasteiger partial charge in [-0.25, -0.2) is 0 Å². The molecule has 4 rings (SSSR count). The summed E-state index contributed by atoms with van der Waals surface area (Å²) in [5, 5.41) is 12.3. The van der Waals surface area contributed by atoms with Gasteiger partial charge in [0, 0.05) is 0 Å². The van der Waals surface area contributed by atoms with Crippen molar-refractivity contribution in [3.63, 3.8) is 0 Å². The van der Waals surface area contributed by atoms with Gasteiger partial charge in [0.05, 0.1) is 22.0 Å². The molecule has 7 heteroatoms. The van der Waals surface area contributed by atoms with Gasteiger partial charge in [0.15, 0.2) is 5.16 Å². The lowest BCUT2D eigenvalue weighted by Gasteiger charge is -2.15. The molecule has 5 nitrogen and oxygen atoms in total. The van der Waals surface area contributed by atoms with Crippen LogP contribution < -0.4 is 5.32 Å². The maximum absolute atomic E-state index is 12.4. The number of aryl methyl sites for hydroxylation is 2. The van der Waals surface area contributed by atoms with Crippen LogP contribution in [0.2, 0.25) is 0 Å². The number of fused-ring (bicyclic) bond motifs is 3. The maximum atomic E-state index is 12.4. The molecule has 2 heterocycles. The second-order valence-electron chi connectivity index (χ2n) is 6.59. The van der Waals surface area contributed by atoms with E-state index in [0.717, 1.165) is 25.9 Å². The maximum Gasteiger partial charge on any atom is 0.230 e. The van der Waals surface area contributed by atoms with E-state index < -0.39 is 0 Å². The quantitative estimate of drug-likeness (QED) is 0.504. The number of para-hydroxylation sites is 1. The molecule has 1 unspecified atom stereocenters.